The molecule has 330 valence electrons. The van der Waals surface area contributed by atoms with Crippen molar-refractivity contribution in [3.8, 4) is 0 Å². The van der Waals surface area contributed by atoms with Gasteiger partial charge in [-0.2, -0.15) is 0 Å². The van der Waals surface area contributed by atoms with E-state index in [1.165, 1.54) is 70.6 Å². The minimum atomic E-state index is -4.40. The minimum absolute atomic E-state index is 0.0115. The van der Waals surface area contributed by atoms with E-state index in [4.69, 9.17) is 18.5 Å². The normalized spacial score (nSPS) is 14.7. The first-order chi connectivity index (χ1) is 27.4. The fraction of sp³-hybridized carbons (Fsp3) is 0.739. The molecule has 2 N–H and O–H groups in total. The van der Waals surface area contributed by atoms with Gasteiger partial charge in [0, 0.05) is 12.8 Å². The number of carbonyl (C=O) groups excluding carboxylic acids is 2. The average molecular weight is 825 g/mol. The van der Waals surface area contributed by atoms with Crippen LogP contribution in [0.2, 0.25) is 0 Å². The van der Waals surface area contributed by atoms with Crippen LogP contribution in [-0.4, -0.2) is 86.1 Å². The second-order valence-electron chi connectivity index (χ2n) is 15.9. The number of carbonyl (C=O) groups is 2. The molecule has 11 heteroatoms. The maximum Gasteiger partial charge on any atom is 0.472 e. The van der Waals surface area contributed by atoms with Crippen LogP contribution in [0.5, 0.6) is 0 Å². The Morgan fingerprint density at radius 1 is 0.649 bits per heavy atom. The average Bonchev–Trinajstić information content (AvgIpc) is 3.15. The van der Waals surface area contributed by atoms with Gasteiger partial charge < -0.3 is 24.0 Å². The van der Waals surface area contributed by atoms with Gasteiger partial charge >= 0.3 is 19.8 Å². The van der Waals surface area contributed by atoms with Gasteiger partial charge in [-0.15, -0.1) is 0 Å². The highest BCUT2D eigenvalue weighted by Crippen LogP contribution is 2.43. The molecule has 57 heavy (non-hydrogen) atoms. The van der Waals surface area contributed by atoms with Crippen LogP contribution in [0.25, 0.3) is 0 Å². The Kier molecular flexibility index (Phi) is 36.4. The number of rotatable bonds is 39. The highest BCUT2D eigenvalue weighted by atomic mass is 31.2. The molecule has 0 radical (unpaired) electrons. The van der Waals surface area contributed by atoms with Gasteiger partial charge in [0.25, 0.3) is 0 Å². The molecule has 0 heterocycles. The molecular weight excluding hydrogens is 741 g/mol. The second-order valence-corrected chi connectivity index (χ2v) is 17.4. The molecule has 2 unspecified atom stereocenters. The molecular formula is C46H83NO9P+. The molecule has 0 aliphatic heterocycles. The lowest BCUT2D eigenvalue weighted by Gasteiger charge is -2.24. The number of ether oxygens (including phenoxy) is 2. The summed E-state index contributed by atoms with van der Waals surface area (Å²) in [5.41, 5.74) is 0. The van der Waals surface area contributed by atoms with Gasteiger partial charge in [-0.1, -0.05) is 164 Å². The van der Waals surface area contributed by atoms with Crippen molar-refractivity contribution in [3.63, 3.8) is 0 Å². The Morgan fingerprint density at radius 3 is 1.82 bits per heavy atom. The molecule has 0 aliphatic rings. The first kappa shape index (κ1) is 54.7. The zero-order valence-electron chi connectivity index (χ0n) is 36.7. The van der Waals surface area contributed by atoms with Crippen LogP contribution in [0.1, 0.15) is 162 Å². The predicted molar refractivity (Wildman–Crippen MR) is 235 cm³/mol. The van der Waals surface area contributed by atoms with Gasteiger partial charge in [0.2, 0.25) is 0 Å². The quantitative estimate of drug-likeness (QED) is 0.0155. The van der Waals surface area contributed by atoms with Crippen molar-refractivity contribution in [2.24, 2.45) is 0 Å². The number of esters is 2. The largest absolute Gasteiger partial charge is 0.472 e. The number of hydrogen-bond acceptors (Lipinski definition) is 8. The molecule has 0 amide bonds. The number of unbranched alkanes of at least 4 members (excludes halogenated alkanes) is 15. The standard InChI is InChI=1S/C46H82NO9P/c1-6-8-10-12-14-15-16-17-18-19-20-21-26-30-34-38-46(50)56-44(42-55-57(51,52)54-40-39-47(3,4)5)41-53-45(49)37-33-29-25-23-22-24-28-32-36-43(48)35-31-27-13-11-9-7-2/h9,11,23-25,27-28,31-32,36,43-44,48H,6-8,10,12-22,26,29-30,33-35,37-42H2,1-5H3/p+1/b11-9-,25-23-,28-24-,31-27-,36-32+/t43?,44-/m1/s1. The molecule has 0 spiro atoms. The third-order valence-electron chi connectivity index (χ3n) is 9.14. The summed E-state index contributed by atoms with van der Waals surface area (Å²) in [6, 6.07) is 0. The molecule has 0 saturated heterocycles. The van der Waals surface area contributed by atoms with Crippen LogP contribution in [0.4, 0.5) is 0 Å². The third kappa shape index (κ3) is 41.6. The van der Waals surface area contributed by atoms with Crippen molar-refractivity contribution in [2.45, 2.75) is 174 Å². The summed E-state index contributed by atoms with van der Waals surface area (Å²) in [5.74, 6) is -0.906. The van der Waals surface area contributed by atoms with Gasteiger partial charge in [-0.3, -0.25) is 18.6 Å². The number of aliphatic hydroxyl groups excluding tert-OH is 1. The number of phosphoric acid groups is 1. The summed E-state index contributed by atoms with van der Waals surface area (Å²) in [6.07, 6.45) is 41.6. The van der Waals surface area contributed by atoms with E-state index in [9.17, 15) is 24.2 Å². The number of hydrogen-bond donors (Lipinski definition) is 2. The van der Waals surface area contributed by atoms with Crippen LogP contribution in [0.15, 0.2) is 60.8 Å². The van der Waals surface area contributed by atoms with Crippen LogP contribution in [0.3, 0.4) is 0 Å². The third-order valence-corrected chi connectivity index (χ3v) is 10.1. The van der Waals surface area contributed by atoms with E-state index < -0.39 is 38.6 Å². The molecule has 0 aliphatic carbocycles. The summed E-state index contributed by atoms with van der Waals surface area (Å²) in [5, 5.41) is 10.0. The molecule has 0 aromatic heterocycles. The van der Waals surface area contributed by atoms with Gasteiger partial charge in [-0.25, -0.2) is 4.57 Å². The highest BCUT2D eigenvalue weighted by Gasteiger charge is 2.27. The van der Waals surface area contributed by atoms with Crippen LogP contribution < -0.4 is 0 Å². The number of likely N-dealkylation sites (N-methyl/N-ethyl adjacent to an activating group) is 1. The van der Waals surface area contributed by atoms with Gasteiger partial charge in [0.1, 0.15) is 19.8 Å². The molecule has 10 nitrogen and oxygen atoms in total. The molecule has 0 aromatic rings. The molecule has 0 saturated carbocycles. The topological polar surface area (TPSA) is 129 Å². The smallest absolute Gasteiger partial charge is 0.462 e. The predicted octanol–water partition coefficient (Wildman–Crippen LogP) is 11.4. The Labute approximate surface area is 348 Å². The van der Waals surface area contributed by atoms with Gasteiger partial charge in [0.15, 0.2) is 6.10 Å². The van der Waals surface area contributed by atoms with E-state index in [0.717, 1.165) is 38.5 Å². The Balaban J connectivity index is 4.51. The molecule has 0 fully saturated rings. The summed E-state index contributed by atoms with van der Waals surface area (Å²) < 4.78 is 34.2. The monoisotopic (exact) mass is 825 g/mol. The lowest BCUT2D eigenvalue weighted by atomic mass is 10.0. The van der Waals surface area contributed by atoms with E-state index in [0.29, 0.717) is 36.7 Å². The lowest BCUT2D eigenvalue weighted by molar-refractivity contribution is -0.870. The van der Waals surface area contributed by atoms with E-state index >= 15 is 0 Å². The fourth-order valence-electron chi connectivity index (χ4n) is 5.66. The number of phosphoric ester groups is 1. The Bertz CT molecular complexity index is 1170. The number of allylic oxidation sites excluding steroid dienone is 8. The Morgan fingerprint density at radius 2 is 1.21 bits per heavy atom. The van der Waals surface area contributed by atoms with Gasteiger partial charge in [-0.05, 0) is 44.9 Å². The summed E-state index contributed by atoms with van der Waals surface area (Å²) >= 11 is 0. The first-order valence-electron chi connectivity index (χ1n) is 22.1. The maximum atomic E-state index is 12.7. The van der Waals surface area contributed by atoms with Crippen molar-refractivity contribution in [3.05, 3.63) is 60.8 Å². The van der Waals surface area contributed by atoms with Crippen LogP contribution >= 0.6 is 7.82 Å². The van der Waals surface area contributed by atoms with Crippen molar-refractivity contribution in [1.82, 2.24) is 0 Å². The maximum absolute atomic E-state index is 12.7. The molecule has 0 rings (SSSR count). The van der Waals surface area contributed by atoms with Crippen molar-refractivity contribution < 1.29 is 47.2 Å². The summed E-state index contributed by atoms with van der Waals surface area (Å²) in [6.45, 7) is 4.15. The number of quaternary nitrogens is 1. The SMILES string of the molecule is CC/C=C\C/C=C\CC(O)/C=C/C=C\C/C=C\CCCC(=O)OC[C@H](COP(=O)(O)OCC[N+](C)(C)C)OC(=O)CCCCCCCCCCCCCCCCC. The number of nitrogens with zero attached hydrogens (tertiary/aromatic N) is 1. The summed E-state index contributed by atoms with van der Waals surface area (Å²) in [7, 11) is 1.41. The molecule has 0 aromatic carbocycles. The van der Waals surface area contributed by atoms with E-state index in [-0.39, 0.29) is 26.1 Å². The van der Waals surface area contributed by atoms with Crippen molar-refractivity contribution >= 4 is 19.8 Å². The van der Waals surface area contributed by atoms with Crippen LogP contribution in [-0.2, 0) is 32.7 Å². The lowest BCUT2D eigenvalue weighted by Crippen LogP contribution is -2.37. The highest BCUT2D eigenvalue weighted by molar-refractivity contribution is 7.47. The fourth-order valence-corrected chi connectivity index (χ4v) is 6.40. The van der Waals surface area contributed by atoms with Crippen LogP contribution in [0, 0.1) is 0 Å². The van der Waals surface area contributed by atoms with E-state index in [1.54, 1.807) is 6.08 Å². The van der Waals surface area contributed by atoms with Gasteiger partial charge in [0.05, 0.1) is 33.9 Å². The zero-order valence-corrected chi connectivity index (χ0v) is 37.6. The van der Waals surface area contributed by atoms with Crippen molar-refractivity contribution in [2.75, 3.05) is 47.5 Å². The summed E-state index contributed by atoms with van der Waals surface area (Å²) in [4.78, 5) is 35.3. The second kappa shape index (κ2) is 37.9. The first-order valence-corrected chi connectivity index (χ1v) is 23.6. The molecule has 3 atom stereocenters. The zero-order chi connectivity index (χ0) is 42.3. The minimum Gasteiger partial charge on any atom is -0.462 e. The van der Waals surface area contributed by atoms with E-state index in [1.807, 2.05) is 57.6 Å². The van der Waals surface area contributed by atoms with E-state index in [2.05, 4.69) is 32.1 Å². The van der Waals surface area contributed by atoms with Crippen molar-refractivity contribution in [1.29, 1.82) is 0 Å². The molecule has 0 bridgehead atoms. The number of aliphatic hydroxyl groups is 1. The Hall–Kier alpha value is -2.33.